The molecule has 10 heteroatoms. The highest BCUT2D eigenvalue weighted by atomic mass is 35.5. The van der Waals surface area contributed by atoms with E-state index in [0.717, 1.165) is 22.9 Å². The Morgan fingerprint density at radius 1 is 1.30 bits per heavy atom. The van der Waals surface area contributed by atoms with Gasteiger partial charge in [-0.1, -0.05) is 23.9 Å². The lowest BCUT2D eigenvalue weighted by Crippen LogP contribution is -2.30. The lowest BCUT2D eigenvalue weighted by Gasteiger charge is -2.16. The smallest absolute Gasteiger partial charge is 0.289 e. The molecule has 1 aromatic carbocycles. The van der Waals surface area contributed by atoms with Crippen LogP contribution < -0.4 is 10.6 Å². The summed E-state index contributed by atoms with van der Waals surface area (Å²) < 4.78 is 1.64. The third kappa shape index (κ3) is 4.88. The predicted octanol–water partition coefficient (Wildman–Crippen LogP) is 1.94. The number of benzene rings is 1. The lowest BCUT2D eigenvalue weighted by atomic mass is 10.1. The van der Waals surface area contributed by atoms with Crippen molar-refractivity contribution in [1.29, 1.82) is 0 Å². The zero-order valence-corrected chi connectivity index (χ0v) is 16.5. The summed E-state index contributed by atoms with van der Waals surface area (Å²) in [6.45, 7) is 0.244. The molecule has 1 fully saturated rings. The molecule has 0 bridgehead atoms. The molecule has 0 saturated carbocycles. The van der Waals surface area contributed by atoms with E-state index in [4.69, 9.17) is 0 Å². The van der Waals surface area contributed by atoms with Gasteiger partial charge < -0.3 is 10.6 Å². The van der Waals surface area contributed by atoms with E-state index >= 15 is 0 Å². The highest BCUT2D eigenvalue weighted by molar-refractivity contribution is 8.14. The summed E-state index contributed by atoms with van der Waals surface area (Å²) in [5, 5.41) is 9.68. The maximum atomic E-state index is 12.5. The number of likely N-dealkylation sites (N-methyl/N-ethyl adjacent to an activating group) is 1. The number of halogens is 1. The lowest BCUT2D eigenvalue weighted by molar-refractivity contribution is -0.125. The Morgan fingerprint density at radius 3 is 2.52 bits per heavy atom. The maximum Gasteiger partial charge on any atom is 0.289 e. The second-order valence-electron chi connectivity index (χ2n) is 5.89. The number of amides is 3. The minimum Gasteiger partial charge on any atom is -0.324 e. The molecule has 0 aliphatic carbocycles. The van der Waals surface area contributed by atoms with Crippen LogP contribution in [0.1, 0.15) is 17.2 Å². The Bertz CT molecular complexity index is 823. The Balaban J connectivity index is 0.00000261. The monoisotopic (exact) mass is 409 g/mol. The third-order valence-corrected chi connectivity index (χ3v) is 4.87. The number of nitrogens with one attached hydrogen (secondary N) is 2. The van der Waals surface area contributed by atoms with E-state index in [-0.39, 0.29) is 41.8 Å². The molecular weight excluding hydrogens is 390 g/mol. The molecule has 1 aliphatic rings. The van der Waals surface area contributed by atoms with E-state index in [2.05, 4.69) is 15.7 Å². The van der Waals surface area contributed by atoms with Crippen molar-refractivity contribution in [2.75, 3.05) is 18.1 Å². The van der Waals surface area contributed by atoms with Gasteiger partial charge in [0.1, 0.15) is 6.04 Å². The number of rotatable bonds is 6. The van der Waals surface area contributed by atoms with E-state index in [0.29, 0.717) is 5.69 Å². The molecule has 3 amide bonds. The molecule has 1 aromatic heterocycles. The zero-order valence-electron chi connectivity index (χ0n) is 14.8. The Labute approximate surface area is 167 Å². The first kappa shape index (κ1) is 20.9. The molecule has 8 nitrogen and oxygen atoms in total. The second-order valence-corrected chi connectivity index (χ2v) is 6.82. The van der Waals surface area contributed by atoms with Crippen molar-refractivity contribution < 1.29 is 14.4 Å². The number of anilines is 1. The summed E-state index contributed by atoms with van der Waals surface area (Å²) in [5.74, 6) is -0.174. The van der Waals surface area contributed by atoms with Gasteiger partial charge in [-0.2, -0.15) is 5.10 Å². The Hall–Kier alpha value is -2.36. The van der Waals surface area contributed by atoms with Crippen LogP contribution in [0.4, 0.5) is 10.5 Å². The number of aromatic nitrogens is 2. The first-order chi connectivity index (χ1) is 12.5. The SMILES string of the molecule is CNC(C(=O)Nc1ccc(CN2C(=O)CSC2=O)cc1)c1cnn(C)c1.Cl. The molecule has 2 heterocycles. The van der Waals surface area contributed by atoms with Crippen molar-refractivity contribution in [2.45, 2.75) is 12.6 Å². The average molecular weight is 410 g/mol. The number of carbonyl (C=O) groups excluding carboxylic acids is 3. The minimum atomic E-state index is -0.514. The minimum absolute atomic E-state index is 0. The van der Waals surface area contributed by atoms with E-state index in [9.17, 15) is 14.4 Å². The number of thioether (sulfide) groups is 1. The van der Waals surface area contributed by atoms with Crippen molar-refractivity contribution in [3.63, 3.8) is 0 Å². The van der Waals surface area contributed by atoms with Crippen molar-refractivity contribution in [3.8, 4) is 0 Å². The van der Waals surface area contributed by atoms with Gasteiger partial charge in [-0.05, 0) is 24.7 Å². The summed E-state index contributed by atoms with van der Waals surface area (Å²) in [7, 11) is 3.50. The van der Waals surface area contributed by atoms with Gasteiger partial charge in [-0.15, -0.1) is 12.4 Å². The summed E-state index contributed by atoms with van der Waals surface area (Å²) >= 11 is 1.02. The topological polar surface area (TPSA) is 96.3 Å². The fraction of sp³-hybridized carbons (Fsp3) is 0.294. The van der Waals surface area contributed by atoms with Crippen LogP contribution in [0.25, 0.3) is 0 Å². The van der Waals surface area contributed by atoms with Crippen LogP contribution in [0.2, 0.25) is 0 Å². The molecular formula is C17H20ClN5O3S. The largest absolute Gasteiger partial charge is 0.324 e. The summed E-state index contributed by atoms with van der Waals surface area (Å²) in [4.78, 5) is 37.0. The predicted molar refractivity (Wildman–Crippen MR) is 106 cm³/mol. The molecule has 3 rings (SSSR count). The van der Waals surface area contributed by atoms with E-state index < -0.39 is 6.04 Å². The number of imide groups is 1. The van der Waals surface area contributed by atoms with Gasteiger partial charge in [0, 0.05) is 24.5 Å². The molecule has 144 valence electrons. The van der Waals surface area contributed by atoms with Gasteiger partial charge in [0.05, 0.1) is 18.5 Å². The van der Waals surface area contributed by atoms with E-state index in [1.807, 2.05) is 0 Å². The van der Waals surface area contributed by atoms with E-state index in [1.54, 1.807) is 55.4 Å². The van der Waals surface area contributed by atoms with Crippen LogP contribution in [0.15, 0.2) is 36.7 Å². The van der Waals surface area contributed by atoms with Gasteiger partial charge in [0.15, 0.2) is 0 Å². The normalized spacial score (nSPS) is 14.8. The van der Waals surface area contributed by atoms with Crippen LogP contribution in [-0.2, 0) is 23.2 Å². The van der Waals surface area contributed by atoms with Gasteiger partial charge in [0.25, 0.3) is 5.24 Å². The zero-order chi connectivity index (χ0) is 18.7. The van der Waals surface area contributed by atoms with Gasteiger partial charge in [-0.25, -0.2) is 0 Å². The van der Waals surface area contributed by atoms with Crippen molar-refractivity contribution in [2.24, 2.45) is 7.05 Å². The van der Waals surface area contributed by atoms with E-state index in [1.165, 1.54) is 4.90 Å². The number of hydrogen-bond acceptors (Lipinski definition) is 6. The van der Waals surface area contributed by atoms with Gasteiger partial charge in [0.2, 0.25) is 11.8 Å². The maximum absolute atomic E-state index is 12.5. The Morgan fingerprint density at radius 2 is 2.00 bits per heavy atom. The van der Waals surface area contributed by atoms with Crippen LogP contribution in [-0.4, -0.2) is 44.5 Å². The standard InChI is InChI=1S/C17H19N5O3S.ClH/c1-18-15(12-7-19-21(2)9-12)16(24)20-13-5-3-11(4-6-13)8-22-14(23)10-26-17(22)25;/h3-7,9,15,18H,8,10H2,1-2H3,(H,20,24);1H. The summed E-state index contributed by atoms with van der Waals surface area (Å²) in [6, 6.07) is 6.57. The molecule has 1 atom stereocenters. The van der Waals surface area contributed by atoms with Crippen LogP contribution in [0.5, 0.6) is 0 Å². The average Bonchev–Trinajstić information content (AvgIpc) is 3.18. The van der Waals surface area contributed by atoms with Crippen molar-refractivity contribution in [3.05, 3.63) is 47.8 Å². The molecule has 0 radical (unpaired) electrons. The molecule has 2 N–H and O–H groups in total. The second kappa shape index (κ2) is 9.03. The fourth-order valence-corrected chi connectivity index (χ4v) is 3.39. The molecule has 1 aliphatic heterocycles. The third-order valence-electron chi connectivity index (χ3n) is 4.01. The molecule has 1 saturated heterocycles. The molecule has 2 aromatic rings. The number of aryl methyl sites for hydroxylation is 1. The quantitative estimate of drug-likeness (QED) is 0.756. The first-order valence-electron chi connectivity index (χ1n) is 8.00. The Kier molecular flexibility index (Phi) is 7.00. The number of hydrogen-bond donors (Lipinski definition) is 2. The summed E-state index contributed by atoms with van der Waals surface area (Å²) in [5.41, 5.74) is 2.23. The van der Waals surface area contributed by atoms with Gasteiger partial charge in [-0.3, -0.25) is 24.0 Å². The first-order valence-corrected chi connectivity index (χ1v) is 8.99. The molecule has 1 unspecified atom stereocenters. The number of carbonyl (C=O) groups is 3. The van der Waals surface area contributed by atoms with Crippen molar-refractivity contribution in [1.82, 2.24) is 20.0 Å². The fourth-order valence-electron chi connectivity index (χ4n) is 2.66. The summed E-state index contributed by atoms with van der Waals surface area (Å²) in [6.07, 6.45) is 3.43. The van der Waals surface area contributed by atoms with Gasteiger partial charge >= 0.3 is 0 Å². The number of nitrogens with zero attached hydrogens (tertiary/aromatic N) is 3. The van der Waals surface area contributed by atoms with Crippen LogP contribution in [0.3, 0.4) is 0 Å². The molecule has 27 heavy (non-hydrogen) atoms. The molecule has 0 spiro atoms. The van der Waals surface area contributed by atoms with Crippen LogP contribution in [0, 0.1) is 0 Å². The van der Waals surface area contributed by atoms with Crippen LogP contribution >= 0.6 is 24.2 Å². The highest BCUT2D eigenvalue weighted by Gasteiger charge is 2.29. The highest BCUT2D eigenvalue weighted by Crippen LogP contribution is 2.22. The van der Waals surface area contributed by atoms with Crippen molar-refractivity contribution >= 4 is 46.9 Å².